The molecule has 0 spiro atoms. The summed E-state index contributed by atoms with van der Waals surface area (Å²) in [6.45, 7) is 3.19. The minimum absolute atomic E-state index is 0.0617. The number of carbonyl (C=O) groups is 3. The van der Waals surface area contributed by atoms with Crippen molar-refractivity contribution in [1.29, 1.82) is 0 Å². The average molecular weight is 674 g/mol. The molecule has 0 aliphatic rings. The van der Waals surface area contributed by atoms with Gasteiger partial charge in [0, 0.05) is 23.4 Å². The van der Waals surface area contributed by atoms with Crippen molar-refractivity contribution in [1.82, 2.24) is 5.32 Å². The lowest BCUT2D eigenvalue weighted by atomic mass is 10.0. The number of esters is 2. The van der Waals surface area contributed by atoms with Gasteiger partial charge in [0.1, 0.15) is 35.5 Å². The number of halogens is 3. The van der Waals surface area contributed by atoms with E-state index in [1.807, 2.05) is 0 Å². The molecule has 3 aromatic rings. The standard InChI is InChI=1S/C28H30ClF2N3O8S2/c1-16(34-17(2)27(36)18-8-19(30)10-20(31)9-18)14-42-26(35)15-43-7-6-41-28(37)22-11-25(44(32,38)39)23(29)12-24(22)33-13-21-4-3-5-40-21/h3-5,8-12,16-17,33-34H,6-7,13-15H2,1-2H3,(H2,32,38,39)/t16-,17-/m1/s1. The third-order valence-corrected chi connectivity index (χ3v) is 8.15. The fourth-order valence-electron chi connectivity index (χ4n) is 3.86. The summed E-state index contributed by atoms with van der Waals surface area (Å²) in [5.74, 6) is -2.94. The van der Waals surface area contributed by atoms with Gasteiger partial charge < -0.3 is 24.5 Å². The predicted molar refractivity (Wildman–Crippen MR) is 160 cm³/mol. The number of ketones is 1. The molecule has 1 aromatic heterocycles. The topological polar surface area (TPSA) is 167 Å². The number of hydrogen-bond acceptors (Lipinski definition) is 11. The Morgan fingerprint density at radius 1 is 1.09 bits per heavy atom. The fraction of sp³-hybridized carbons (Fsp3) is 0.321. The van der Waals surface area contributed by atoms with Crippen molar-refractivity contribution >= 4 is 56.8 Å². The summed E-state index contributed by atoms with van der Waals surface area (Å²) in [7, 11) is -4.23. The van der Waals surface area contributed by atoms with Crippen LogP contribution in [0.2, 0.25) is 5.02 Å². The van der Waals surface area contributed by atoms with Gasteiger partial charge in [0.05, 0.1) is 40.9 Å². The highest BCUT2D eigenvalue weighted by atomic mass is 35.5. The summed E-state index contributed by atoms with van der Waals surface area (Å²) in [5, 5.41) is 10.9. The van der Waals surface area contributed by atoms with Crippen molar-refractivity contribution in [2.24, 2.45) is 5.14 Å². The van der Waals surface area contributed by atoms with Gasteiger partial charge in [-0.25, -0.2) is 27.1 Å². The molecular formula is C28H30ClF2N3O8S2. The molecule has 3 rings (SSSR count). The summed E-state index contributed by atoms with van der Waals surface area (Å²) in [5.41, 5.74) is -0.0425. The molecule has 0 unspecified atom stereocenters. The van der Waals surface area contributed by atoms with Crippen molar-refractivity contribution in [3.8, 4) is 0 Å². The number of sulfonamides is 1. The van der Waals surface area contributed by atoms with Crippen LogP contribution >= 0.6 is 23.4 Å². The van der Waals surface area contributed by atoms with Crippen LogP contribution in [0.25, 0.3) is 0 Å². The quantitative estimate of drug-likeness (QED) is 0.114. The summed E-state index contributed by atoms with van der Waals surface area (Å²) in [6.07, 6.45) is 1.47. The molecule has 0 fully saturated rings. The van der Waals surface area contributed by atoms with E-state index < -0.39 is 56.4 Å². The zero-order chi connectivity index (χ0) is 32.4. The molecule has 0 amide bonds. The number of anilines is 1. The number of nitrogens with one attached hydrogen (secondary N) is 2. The zero-order valence-corrected chi connectivity index (χ0v) is 26.0. The fourth-order valence-corrected chi connectivity index (χ4v) is 5.56. The van der Waals surface area contributed by atoms with Gasteiger partial charge in [-0.1, -0.05) is 11.6 Å². The van der Waals surface area contributed by atoms with Crippen LogP contribution in [-0.4, -0.2) is 62.9 Å². The summed E-state index contributed by atoms with van der Waals surface area (Å²) in [6, 6.07) is 6.97. The van der Waals surface area contributed by atoms with E-state index >= 15 is 0 Å². The molecular weight excluding hydrogens is 644 g/mol. The molecule has 0 saturated carbocycles. The monoisotopic (exact) mass is 673 g/mol. The Balaban J connectivity index is 1.44. The SMILES string of the molecule is C[C@H](COC(=O)CSCCOC(=O)c1cc(S(N)(=O)=O)c(Cl)cc1NCc1ccco1)N[C@H](C)C(=O)c1cc(F)cc(F)c1. The molecule has 16 heteroatoms. The van der Waals surface area contributed by atoms with Gasteiger partial charge in [0.25, 0.3) is 0 Å². The Morgan fingerprint density at radius 3 is 2.43 bits per heavy atom. The molecule has 44 heavy (non-hydrogen) atoms. The molecule has 4 N–H and O–H groups in total. The first-order valence-corrected chi connectivity index (χ1v) is 16.1. The third-order valence-electron chi connectivity index (χ3n) is 5.88. The van der Waals surface area contributed by atoms with Gasteiger partial charge in [-0.3, -0.25) is 9.59 Å². The van der Waals surface area contributed by atoms with Crippen molar-refractivity contribution in [2.75, 3.05) is 30.0 Å². The van der Waals surface area contributed by atoms with Crippen LogP contribution in [0.5, 0.6) is 0 Å². The van der Waals surface area contributed by atoms with Gasteiger partial charge in [-0.05, 0) is 50.2 Å². The van der Waals surface area contributed by atoms with E-state index in [-0.39, 0.29) is 53.1 Å². The molecule has 0 aliphatic heterocycles. The van der Waals surface area contributed by atoms with Gasteiger partial charge in [0.15, 0.2) is 5.78 Å². The molecule has 0 aliphatic carbocycles. The maximum atomic E-state index is 13.4. The van der Waals surface area contributed by atoms with Crippen molar-refractivity contribution in [3.63, 3.8) is 0 Å². The molecule has 238 valence electrons. The molecule has 0 saturated heterocycles. The second-order valence-electron chi connectivity index (χ2n) is 9.49. The lowest BCUT2D eigenvalue weighted by Crippen LogP contribution is -2.42. The van der Waals surface area contributed by atoms with Gasteiger partial charge in [0.2, 0.25) is 10.0 Å². The Morgan fingerprint density at radius 2 is 1.80 bits per heavy atom. The first kappa shape index (κ1) is 35.0. The molecule has 2 aromatic carbocycles. The number of nitrogens with two attached hydrogens (primary N) is 1. The van der Waals surface area contributed by atoms with E-state index in [9.17, 15) is 31.6 Å². The molecule has 2 atom stereocenters. The molecule has 0 radical (unpaired) electrons. The highest BCUT2D eigenvalue weighted by molar-refractivity contribution is 7.99. The van der Waals surface area contributed by atoms with Gasteiger partial charge >= 0.3 is 11.9 Å². The van der Waals surface area contributed by atoms with E-state index in [4.69, 9.17) is 30.6 Å². The van der Waals surface area contributed by atoms with Gasteiger partial charge in [-0.2, -0.15) is 0 Å². The first-order valence-electron chi connectivity index (χ1n) is 13.0. The highest BCUT2D eigenvalue weighted by Gasteiger charge is 2.22. The van der Waals surface area contributed by atoms with Crippen molar-refractivity contribution in [2.45, 2.75) is 37.4 Å². The number of benzene rings is 2. The number of Topliss-reactive ketones (excluding diaryl/α,β-unsaturated/α-hetero) is 1. The van der Waals surface area contributed by atoms with Crippen LogP contribution in [0.4, 0.5) is 14.5 Å². The van der Waals surface area contributed by atoms with Gasteiger partial charge in [-0.15, -0.1) is 11.8 Å². The third kappa shape index (κ3) is 10.6. The maximum absolute atomic E-state index is 13.4. The van der Waals surface area contributed by atoms with Crippen LogP contribution in [0.15, 0.2) is 58.0 Å². The van der Waals surface area contributed by atoms with Crippen LogP contribution in [0.1, 0.15) is 40.3 Å². The highest BCUT2D eigenvalue weighted by Crippen LogP contribution is 2.29. The van der Waals surface area contributed by atoms with Crippen LogP contribution < -0.4 is 15.8 Å². The number of carbonyl (C=O) groups excluding carboxylic acids is 3. The minimum atomic E-state index is -4.23. The number of furan rings is 1. The van der Waals surface area contributed by atoms with E-state index in [0.717, 1.165) is 30.0 Å². The number of primary sulfonamides is 1. The Bertz CT molecular complexity index is 1570. The van der Waals surface area contributed by atoms with E-state index in [2.05, 4.69) is 10.6 Å². The normalized spacial score (nSPS) is 12.8. The lowest BCUT2D eigenvalue weighted by molar-refractivity contribution is -0.141. The molecule has 1 heterocycles. The smallest absolute Gasteiger partial charge is 0.340 e. The average Bonchev–Trinajstić information content (AvgIpc) is 3.47. The van der Waals surface area contributed by atoms with Crippen LogP contribution in [-0.2, 0) is 30.8 Å². The summed E-state index contributed by atoms with van der Waals surface area (Å²) < 4.78 is 66.4. The molecule has 0 bridgehead atoms. The minimum Gasteiger partial charge on any atom is -0.467 e. The predicted octanol–water partition coefficient (Wildman–Crippen LogP) is 4.15. The Labute approximate surface area is 261 Å². The number of ether oxygens (including phenoxy) is 2. The van der Waals surface area contributed by atoms with Crippen molar-refractivity contribution in [3.05, 3.63) is 82.3 Å². The van der Waals surface area contributed by atoms with E-state index in [1.165, 1.54) is 19.3 Å². The maximum Gasteiger partial charge on any atom is 0.340 e. The number of hydrogen-bond donors (Lipinski definition) is 3. The zero-order valence-electron chi connectivity index (χ0n) is 23.6. The number of rotatable bonds is 16. The van der Waals surface area contributed by atoms with Crippen molar-refractivity contribution < 1.29 is 45.5 Å². The van der Waals surface area contributed by atoms with Crippen LogP contribution in [0.3, 0.4) is 0 Å². The summed E-state index contributed by atoms with van der Waals surface area (Å²) in [4.78, 5) is 37.0. The lowest BCUT2D eigenvalue weighted by Gasteiger charge is -2.19. The number of thioether (sulfide) groups is 1. The molecule has 11 nitrogen and oxygen atoms in total. The second kappa shape index (κ2) is 16.0. The second-order valence-corrected chi connectivity index (χ2v) is 12.5. The Hall–Kier alpha value is -3.50. The summed E-state index contributed by atoms with van der Waals surface area (Å²) >= 11 is 7.21. The largest absolute Gasteiger partial charge is 0.467 e. The van der Waals surface area contributed by atoms with E-state index in [1.54, 1.807) is 19.1 Å². The van der Waals surface area contributed by atoms with Crippen LogP contribution in [0, 0.1) is 11.6 Å². The first-order chi connectivity index (χ1) is 20.7. The van der Waals surface area contributed by atoms with E-state index in [0.29, 0.717) is 11.8 Å². The Kier molecular flexibility index (Phi) is 12.7.